The molecular formula is C23H25NO3. The average Bonchev–Trinajstić information content (AvgIpc) is 2.72. The number of hydrogen-bond donors (Lipinski definition) is 1. The maximum atomic E-state index is 12.5. The molecule has 3 aromatic rings. The lowest BCUT2D eigenvalue weighted by Gasteiger charge is -2.18. The Hall–Kier alpha value is -2.85. The van der Waals surface area contributed by atoms with Crippen LogP contribution in [0.15, 0.2) is 72.8 Å². The van der Waals surface area contributed by atoms with Gasteiger partial charge in [-0.3, -0.25) is 4.79 Å². The molecule has 0 aliphatic heterocycles. The molecule has 0 saturated heterocycles. The monoisotopic (exact) mass is 363 g/mol. The summed E-state index contributed by atoms with van der Waals surface area (Å²) in [5, 5.41) is 5.01. The number of fused-ring (bicyclic) bond motifs is 1. The summed E-state index contributed by atoms with van der Waals surface area (Å²) in [4.78, 5) is 12.5. The summed E-state index contributed by atoms with van der Waals surface area (Å²) < 4.78 is 11.6. The zero-order valence-electron chi connectivity index (χ0n) is 15.6. The molecule has 0 fully saturated rings. The van der Waals surface area contributed by atoms with Gasteiger partial charge < -0.3 is 14.8 Å². The number of hydrogen-bond acceptors (Lipinski definition) is 3. The van der Waals surface area contributed by atoms with E-state index in [-0.39, 0.29) is 5.91 Å². The molecule has 0 saturated carbocycles. The second-order valence-corrected chi connectivity index (χ2v) is 6.32. The molecule has 0 aliphatic rings. The highest BCUT2D eigenvalue weighted by Crippen LogP contribution is 2.26. The first-order chi connectivity index (χ1) is 13.3. The molecule has 4 heteroatoms. The Morgan fingerprint density at radius 2 is 1.70 bits per heavy atom. The molecule has 27 heavy (non-hydrogen) atoms. The summed E-state index contributed by atoms with van der Waals surface area (Å²) >= 11 is 0. The molecule has 0 heterocycles. The molecule has 3 rings (SSSR count). The van der Waals surface area contributed by atoms with Crippen LogP contribution in [0.1, 0.15) is 18.9 Å². The fraction of sp³-hybridized carbons (Fsp3) is 0.261. The van der Waals surface area contributed by atoms with Crippen LogP contribution in [0.5, 0.6) is 5.75 Å². The normalized spacial score (nSPS) is 11.9. The van der Waals surface area contributed by atoms with Crippen molar-refractivity contribution >= 4 is 16.7 Å². The summed E-state index contributed by atoms with van der Waals surface area (Å²) in [6.07, 6.45) is 0.0739. The second-order valence-electron chi connectivity index (χ2n) is 6.32. The summed E-state index contributed by atoms with van der Waals surface area (Å²) in [7, 11) is 0. The van der Waals surface area contributed by atoms with E-state index in [2.05, 4.69) is 5.32 Å². The van der Waals surface area contributed by atoms with Gasteiger partial charge in [-0.2, -0.15) is 0 Å². The molecule has 0 aromatic heterocycles. The van der Waals surface area contributed by atoms with Crippen LogP contribution in [0.2, 0.25) is 0 Å². The van der Waals surface area contributed by atoms with Gasteiger partial charge in [-0.05, 0) is 23.4 Å². The predicted molar refractivity (Wildman–Crippen MR) is 108 cm³/mol. The maximum Gasteiger partial charge on any atom is 0.261 e. The first-order valence-corrected chi connectivity index (χ1v) is 9.31. The van der Waals surface area contributed by atoms with Crippen LogP contribution in [-0.4, -0.2) is 25.2 Å². The van der Waals surface area contributed by atoms with Crippen molar-refractivity contribution in [1.29, 1.82) is 0 Å². The van der Waals surface area contributed by atoms with Crippen LogP contribution in [0, 0.1) is 0 Å². The topological polar surface area (TPSA) is 47.6 Å². The van der Waals surface area contributed by atoms with Gasteiger partial charge in [0.1, 0.15) is 5.75 Å². The number of rotatable bonds is 9. The van der Waals surface area contributed by atoms with Gasteiger partial charge in [-0.25, -0.2) is 0 Å². The van der Waals surface area contributed by atoms with Gasteiger partial charge in [0.15, 0.2) is 6.10 Å². The lowest BCUT2D eigenvalue weighted by molar-refractivity contribution is -0.128. The van der Waals surface area contributed by atoms with Crippen molar-refractivity contribution in [1.82, 2.24) is 5.32 Å². The van der Waals surface area contributed by atoms with Gasteiger partial charge in [-0.15, -0.1) is 0 Å². The molecule has 0 bridgehead atoms. The molecule has 0 aliphatic carbocycles. The molecule has 0 unspecified atom stereocenters. The third-order valence-electron chi connectivity index (χ3n) is 4.34. The Labute approximate surface area is 160 Å². The number of nitrogens with one attached hydrogen (secondary N) is 1. The first kappa shape index (κ1) is 18.9. The Bertz CT molecular complexity index is 858. The Balaban J connectivity index is 1.49. The second kappa shape index (κ2) is 9.74. The van der Waals surface area contributed by atoms with Crippen molar-refractivity contribution in [3.8, 4) is 5.75 Å². The highest BCUT2D eigenvalue weighted by molar-refractivity contribution is 5.89. The minimum absolute atomic E-state index is 0.117. The third-order valence-corrected chi connectivity index (χ3v) is 4.34. The largest absolute Gasteiger partial charge is 0.480 e. The van der Waals surface area contributed by atoms with Crippen LogP contribution >= 0.6 is 0 Å². The van der Waals surface area contributed by atoms with Gasteiger partial charge in [0.2, 0.25) is 0 Å². The minimum atomic E-state index is -0.523. The number of carbonyl (C=O) groups excluding carboxylic acids is 1. The highest BCUT2D eigenvalue weighted by Gasteiger charge is 2.18. The van der Waals surface area contributed by atoms with Gasteiger partial charge in [0.05, 0.1) is 13.2 Å². The van der Waals surface area contributed by atoms with Crippen molar-refractivity contribution in [2.24, 2.45) is 0 Å². The number of ether oxygens (including phenoxy) is 2. The number of amides is 1. The predicted octanol–water partition coefficient (Wildman–Crippen LogP) is 4.33. The Morgan fingerprint density at radius 3 is 2.52 bits per heavy atom. The van der Waals surface area contributed by atoms with E-state index in [1.807, 2.05) is 79.7 Å². The Kier molecular flexibility index (Phi) is 6.83. The smallest absolute Gasteiger partial charge is 0.261 e. The summed E-state index contributed by atoms with van der Waals surface area (Å²) in [6, 6.07) is 23.9. The molecular weight excluding hydrogens is 338 g/mol. The van der Waals surface area contributed by atoms with E-state index in [1.165, 1.54) is 0 Å². The number of benzene rings is 3. The van der Waals surface area contributed by atoms with E-state index in [1.54, 1.807) is 0 Å². The summed E-state index contributed by atoms with van der Waals surface area (Å²) in [5.74, 6) is 0.615. The van der Waals surface area contributed by atoms with Crippen LogP contribution in [-0.2, 0) is 16.1 Å². The fourth-order valence-electron chi connectivity index (χ4n) is 2.90. The summed E-state index contributed by atoms with van der Waals surface area (Å²) in [6.45, 7) is 3.41. The molecule has 0 radical (unpaired) electrons. The highest BCUT2D eigenvalue weighted by atomic mass is 16.5. The lowest BCUT2D eigenvalue weighted by Crippen LogP contribution is -2.39. The van der Waals surface area contributed by atoms with E-state index in [9.17, 15) is 4.79 Å². The van der Waals surface area contributed by atoms with Crippen LogP contribution in [0.25, 0.3) is 10.8 Å². The SMILES string of the molecule is CC[C@H](Oc1cccc2ccccc12)C(=O)NCCOCc1ccccc1. The molecule has 1 atom stereocenters. The lowest BCUT2D eigenvalue weighted by atomic mass is 10.1. The van der Waals surface area contributed by atoms with E-state index < -0.39 is 6.10 Å². The molecule has 0 spiro atoms. The average molecular weight is 363 g/mol. The van der Waals surface area contributed by atoms with E-state index in [4.69, 9.17) is 9.47 Å². The van der Waals surface area contributed by atoms with Gasteiger partial charge >= 0.3 is 0 Å². The van der Waals surface area contributed by atoms with Crippen molar-refractivity contribution < 1.29 is 14.3 Å². The Morgan fingerprint density at radius 1 is 0.963 bits per heavy atom. The van der Waals surface area contributed by atoms with Crippen molar-refractivity contribution in [3.05, 3.63) is 78.4 Å². The zero-order chi connectivity index (χ0) is 18.9. The van der Waals surface area contributed by atoms with Gasteiger partial charge in [-0.1, -0.05) is 73.7 Å². The minimum Gasteiger partial charge on any atom is -0.480 e. The zero-order valence-corrected chi connectivity index (χ0v) is 15.6. The third kappa shape index (κ3) is 5.31. The number of carbonyl (C=O) groups is 1. The van der Waals surface area contributed by atoms with Crippen LogP contribution < -0.4 is 10.1 Å². The first-order valence-electron chi connectivity index (χ1n) is 9.31. The quantitative estimate of drug-likeness (QED) is 0.576. The van der Waals surface area contributed by atoms with Crippen LogP contribution in [0.3, 0.4) is 0 Å². The molecule has 1 amide bonds. The van der Waals surface area contributed by atoms with E-state index in [0.29, 0.717) is 26.2 Å². The molecule has 1 N–H and O–H groups in total. The molecule has 4 nitrogen and oxygen atoms in total. The van der Waals surface area contributed by atoms with Gasteiger partial charge in [0, 0.05) is 11.9 Å². The fourth-order valence-corrected chi connectivity index (χ4v) is 2.90. The van der Waals surface area contributed by atoms with Crippen molar-refractivity contribution in [2.75, 3.05) is 13.2 Å². The van der Waals surface area contributed by atoms with Crippen molar-refractivity contribution in [3.63, 3.8) is 0 Å². The standard InChI is InChI=1S/C23H25NO3/c1-2-21(27-22-14-8-12-19-11-6-7-13-20(19)22)23(25)24-15-16-26-17-18-9-4-3-5-10-18/h3-14,21H,2,15-17H2,1H3,(H,24,25)/t21-/m0/s1. The van der Waals surface area contributed by atoms with Gasteiger partial charge in [0.25, 0.3) is 5.91 Å². The molecule has 140 valence electrons. The van der Waals surface area contributed by atoms with E-state index in [0.717, 1.165) is 22.1 Å². The maximum absolute atomic E-state index is 12.5. The molecule has 3 aromatic carbocycles. The van der Waals surface area contributed by atoms with Crippen molar-refractivity contribution in [2.45, 2.75) is 26.1 Å². The summed E-state index contributed by atoms with van der Waals surface area (Å²) in [5.41, 5.74) is 1.12. The van der Waals surface area contributed by atoms with E-state index >= 15 is 0 Å². The van der Waals surface area contributed by atoms with Crippen LogP contribution in [0.4, 0.5) is 0 Å².